The molecule has 1 amide bonds. The van der Waals surface area contributed by atoms with Crippen LogP contribution in [0.15, 0.2) is 85.1 Å². The van der Waals surface area contributed by atoms with Crippen molar-refractivity contribution in [2.75, 3.05) is 18.6 Å². The number of anilines is 1. The van der Waals surface area contributed by atoms with Crippen LogP contribution in [0.25, 0.3) is 0 Å². The minimum atomic E-state index is -2.82. The normalized spacial score (nSPS) is 23.7. The molecule has 9 nitrogen and oxygen atoms in total. The number of fused-ring (bicyclic) bond motifs is 2. The minimum absolute atomic E-state index is 0.0781. The number of hydrogen-bond acceptors (Lipinski definition) is 7. The average Bonchev–Trinajstić information content (AvgIpc) is 3.68. The van der Waals surface area contributed by atoms with Gasteiger partial charge >= 0.3 is 0 Å². The van der Waals surface area contributed by atoms with E-state index in [2.05, 4.69) is 10.3 Å². The van der Waals surface area contributed by atoms with Gasteiger partial charge in [0.1, 0.15) is 5.75 Å². The molecule has 5 atom stereocenters. The van der Waals surface area contributed by atoms with Crippen molar-refractivity contribution >= 4 is 19.9 Å². The van der Waals surface area contributed by atoms with Crippen LogP contribution in [0.3, 0.4) is 0 Å². The summed E-state index contributed by atoms with van der Waals surface area (Å²) in [5.41, 5.74) is 2.82. The Morgan fingerprint density at radius 1 is 1.07 bits per heavy atom. The summed E-state index contributed by atoms with van der Waals surface area (Å²) >= 11 is 0. The van der Waals surface area contributed by atoms with Gasteiger partial charge in [-0.1, -0.05) is 72.8 Å². The van der Waals surface area contributed by atoms with Gasteiger partial charge in [-0.2, -0.15) is 0 Å². The zero-order valence-electron chi connectivity index (χ0n) is 25.6. The number of aliphatic hydroxyl groups is 1. The number of aliphatic hydroxyl groups excluding tert-OH is 1. The van der Waals surface area contributed by atoms with Crippen molar-refractivity contribution < 1.29 is 24.2 Å². The molecule has 0 saturated carbocycles. The predicted molar refractivity (Wildman–Crippen MR) is 170 cm³/mol. The number of aromatic nitrogens is 3. The van der Waals surface area contributed by atoms with Gasteiger partial charge in [0, 0.05) is 29.8 Å². The number of methoxy groups -OCH3 is 1. The molecule has 0 radical (unpaired) electrons. The highest BCUT2D eigenvalue weighted by atomic mass is 28.4. The van der Waals surface area contributed by atoms with Crippen LogP contribution >= 0.6 is 0 Å². The molecule has 0 bridgehead atoms. The molecule has 6 rings (SSSR count). The summed E-state index contributed by atoms with van der Waals surface area (Å²) in [5, 5.41) is 18.8. The van der Waals surface area contributed by atoms with Gasteiger partial charge in [-0.05, 0) is 48.8 Å². The van der Waals surface area contributed by atoms with Crippen molar-refractivity contribution in [1.29, 1.82) is 0 Å². The zero-order valence-corrected chi connectivity index (χ0v) is 26.6. The van der Waals surface area contributed by atoms with Crippen LogP contribution in [0, 0.1) is 5.92 Å². The van der Waals surface area contributed by atoms with E-state index >= 15 is 0 Å². The fourth-order valence-corrected chi connectivity index (χ4v) is 9.88. The molecule has 1 saturated heterocycles. The number of benzene rings is 3. The topological polar surface area (TPSA) is 110 Å². The van der Waals surface area contributed by atoms with Crippen LogP contribution in [0.4, 0.5) is 5.69 Å². The molecular formula is C34H40N4O5Si. The standard InChI is InChI=1S/C34H40N4O5Si/c1-23-32(44(3,4)41)31(17-18-37-21-29(35-36-37)27(22-39)25-13-9-6-10-14-25)43-34(23)28-19-26(42-2)15-16-30(28)38(33(34)40)20-24-11-7-5-8-12-24/h5-16,19,21,23,27,31-32,39,41H,17-18,20,22H2,1-4H3/t23-,27?,31+,32-,34+/m1/s1. The SMILES string of the molecule is COc1ccc2c(c1)[C@]1(O[C@@H](CCn3cc(C(CO)c4ccccc4)nn3)[C@H]([Si](C)(C)O)[C@H]1C)C(=O)N2Cc1ccccc1. The van der Waals surface area contributed by atoms with Crippen LogP contribution in [0.1, 0.15) is 41.6 Å². The predicted octanol–water partition coefficient (Wildman–Crippen LogP) is 4.85. The minimum Gasteiger partial charge on any atom is -0.497 e. The highest BCUT2D eigenvalue weighted by Crippen LogP contribution is 2.60. The number of carbonyl (C=O) groups excluding carboxylic acids is 1. The Hall–Kier alpha value is -3.83. The molecule has 4 aromatic rings. The molecule has 0 aliphatic carbocycles. The Kier molecular flexibility index (Phi) is 8.19. The first-order valence-electron chi connectivity index (χ1n) is 15.2. The third-order valence-electron chi connectivity index (χ3n) is 9.32. The molecule has 230 valence electrons. The van der Waals surface area contributed by atoms with Gasteiger partial charge < -0.3 is 24.3 Å². The van der Waals surface area contributed by atoms with Gasteiger partial charge in [-0.3, -0.25) is 9.48 Å². The highest BCUT2D eigenvalue weighted by molar-refractivity contribution is 6.71. The summed E-state index contributed by atoms with van der Waals surface area (Å²) in [4.78, 5) is 28.0. The molecule has 1 aromatic heterocycles. The van der Waals surface area contributed by atoms with Gasteiger partial charge in [0.15, 0.2) is 13.9 Å². The van der Waals surface area contributed by atoms with E-state index < -0.39 is 13.9 Å². The molecule has 1 spiro atoms. The van der Waals surface area contributed by atoms with Gasteiger partial charge in [0.25, 0.3) is 5.91 Å². The number of ether oxygens (including phenoxy) is 2. The van der Waals surface area contributed by atoms with Crippen molar-refractivity contribution in [2.45, 2.75) is 62.7 Å². The molecule has 2 aliphatic rings. The Morgan fingerprint density at radius 3 is 2.43 bits per heavy atom. The van der Waals surface area contributed by atoms with Crippen molar-refractivity contribution in [1.82, 2.24) is 15.0 Å². The summed E-state index contributed by atoms with van der Waals surface area (Å²) in [6.07, 6.45) is 2.02. The second-order valence-corrected chi connectivity index (χ2v) is 16.4. The molecule has 1 unspecified atom stereocenters. The fourth-order valence-electron chi connectivity index (χ4n) is 7.27. The number of nitrogens with zero attached hydrogens (tertiary/aromatic N) is 4. The van der Waals surface area contributed by atoms with Crippen molar-refractivity contribution in [2.24, 2.45) is 5.92 Å². The summed E-state index contributed by atoms with van der Waals surface area (Å²) in [7, 11) is -1.20. The lowest BCUT2D eigenvalue weighted by Crippen LogP contribution is -2.46. The molecule has 2 N–H and O–H groups in total. The van der Waals surface area contributed by atoms with E-state index in [1.54, 1.807) is 11.8 Å². The summed E-state index contributed by atoms with van der Waals surface area (Å²) < 4.78 is 14.3. The average molecular weight is 613 g/mol. The largest absolute Gasteiger partial charge is 0.497 e. The van der Waals surface area contributed by atoms with Gasteiger partial charge in [0.05, 0.1) is 43.7 Å². The Morgan fingerprint density at radius 2 is 1.77 bits per heavy atom. The maximum absolute atomic E-state index is 14.6. The molecule has 1 fully saturated rings. The number of hydrogen-bond donors (Lipinski definition) is 2. The molecule has 44 heavy (non-hydrogen) atoms. The smallest absolute Gasteiger partial charge is 0.264 e. The maximum Gasteiger partial charge on any atom is 0.264 e. The van der Waals surface area contributed by atoms with Crippen LogP contribution < -0.4 is 9.64 Å². The van der Waals surface area contributed by atoms with Crippen molar-refractivity contribution in [3.8, 4) is 5.75 Å². The van der Waals surface area contributed by atoms with Crippen LogP contribution in [-0.4, -0.2) is 58.9 Å². The van der Waals surface area contributed by atoms with Gasteiger partial charge in [-0.25, -0.2) is 0 Å². The lowest BCUT2D eigenvalue weighted by molar-refractivity contribution is -0.146. The van der Waals surface area contributed by atoms with E-state index in [1.807, 2.05) is 110 Å². The first-order chi connectivity index (χ1) is 21.2. The quantitative estimate of drug-likeness (QED) is 0.247. The van der Waals surface area contributed by atoms with Gasteiger partial charge in [-0.15, -0.1) is 5.10 Å². The lowest BCUT2D eigenvalue weighted by atomic mass is 9.82. The van der Waals surface area contributed by atoms with Crippen LogP contribution in [0.5, 0.6) is 5.75 Å². The summed E-state index contributed by atoms with van der Waals surface area (Å²) in [6.45, 7) is 6.73. The van der Waals surface area contributed by atoms with E-state index in [4.69, 9.17) is 9.47 Å². The molecule has 3 aromatic carbocycles. The molecule has 2 aliphatic heterocycles. The van der Waals surface area contributed by atoms with E-state index in [1.165, 1.54) is 0 Å². The summed E-state index contributed by atoms with van der Waals surface area (Å²) in [6, 6.07) is 25.4. The lowest BCUT2D eigenvalue weighted by Gasteiger charge is -2.32. The third kappa shape index (κ3) is 5.25. The number of amides is 1. The number of rotatable bonds is 10. The highest BCUT2D eigenvalue weighted by Gasteiger charge is 2.66. The Labute approximate surface area is 259 Å². The van der Waals surface area contributed by atoms with Gasteiger partial charge in [0.2, 0.25) is 0 Å². The molecule has 10 heteroatoms. The first-order valence-corrected chi connectivity index (χ1v) is 18.2. The van der Waals surface area contributed by atoms with Crippen molar-refractivity contribution in [3.63, 3.8) is 0 Å². The van der Waals surface area contributed by atoms with Crippen molar-refractivity contribution in [3.05, 3.63) is 107 Å². The van der Waals surface area contributed by atoms with E-state index in [-0.39, 0.29) is 36.0 Å². The molecular weight excluding hydrogens is 572 g/mol. The monoisotopic (exact) mass is 612 g/mol. The second kappa shape index (κ2) is 11.9. The Balaban J connectivity index is 1.31. The summed E-state index contributed by atoms with van der Waals surface area (Å²) in [5.74, 6) is -0.00696. The fraction of sp³-hybridized carbons (Fsp3) is 0.382. The maximum atomic E-state index is 14.6. The number of carbonyl (C=O) groups is 1. The van der Waals surface area contributed by atoms with Crippen LogP contribution in [-0.2, 0) is 28.2 Å². The first kappa shape index (κ1) is 30.2. The van der Waals surface area contributed by atoms with E-state index in [9.17, 15) is 14.7 Å². The third-order valence-corrected chi connectivity index (χ3v) is 11.8. The van der Waals surface area contributed by atoms with E-state index in [0.717, 1.165) is 22.4 Å². The van der Waals surface area contributed by atoms with Crippen LogP contribution in [0.2, 0.25) is 18.6 Å². The van der Waals surface area contributed by atoms with E-state index in [0.29, 0.717) is 31.0 Å². The second-order valence-electron chi connectivity index (χ2n) is 12.5. The molecule has 3 heterocycles. The zero-order chi connectivity index (χ0) is 31.1. The number of aryl methyl sites for hydroxylation is 1. The Bertz CT molecular complexity index is 1610.